The largest absolute Gasteiger partial charge is 0.508 e. The number of benzene rings is 1. The SMILES string of the molecule is COc1ccc(O)c(CNc2cccnc2Cl)c1. The Morgan fingerprint density at radius 3 is 2.94 bits per heavy atom. The van der Waals surface area contributed by atoms with Gasteiger partial charge in [0.15, 0.2) is 5.15 Å². The van der Waals surface area contributed by atoms with Gasteiger partial charge in [0.25, 0.3) is 0 Å². The topological polar surface area (TPSA) is 54.4 Å². The maximum Gasteiger partial charge on any atom is 0.152 e. The first-order chi connectivity index (χ1) is 8.70. The summed E-state index contributed by atoms with van der Waals surface area (Å²) in [6.45, 7) is 0.439. The normalized spacial score (nSPS) is 10.1. The van der Waals surface area contributed by atoms with Crippen molar-refractivity contribution in [2.75, 3.05) is 12.4 Å². The molecule has 2 N–H and O–H groups in total. The molecule has 0 saturated carbocycles. The molecule has 0 atom stereocenters. The van der Waals surface area contributed by atoms with Crippen LogP contribution in [0.5, 0.6) is 11.5 Å². The van der Waals surface area contributed by atoms with Crippen molar-refractivity contribution in [1.29, 1.82) is 0 Å². The molecule has 94 valence electrons. The van der Waals surface area contributed by atoms with E-state index in [0.717, 1.165) is 11.3 Å². The number of phenolic OH excluding ortho intramolecular Hbond substituents is 1. The number of pyridine rings is 1. The van der Waals surface area contributed by atoms with Crippen LogP contribution in [0.4, 0.5) is 5.69 Å². The number of hydrogen-bond acceptors (Lipinski definition) is 4. The van der Waals surface area contributed by atoms with Crippen molar-refractivity contribution >= 4 is 17.3 Å². The van der Waals surface area contributed by atoms with Gasteiger partial charge in [-0.2, -0.15) is 0 Å². The van der Waals surface area contributed by atoms with E-state index >= 15 is 0 Å². The molecular formula is C13H13ClN2O2. The molecule has 1 heterocycles. The van der Waals surface area contributed by atoms with Crippen molar-refractivity contribution < 1.29 is 9.84 Å². The Kier molecular flexibility index (Phi) is 3.89. The van der Waals surface area contributed by atoms with Gasteiger partial charge in [0.2, 0.25) is 0 Å². The minimum Gasteiger partial charge on any atom is -0.508 e. The Balaban J connectivity index is 2.13. The number of phenols is 1. The molecule has 0 amide bonds. The second kappa shape index (κ2) is 5.60. The molecule has 0 unspecified atom stereocenters. The summed E-state index contributed by atoms with van der Waals surface area (Å²) in [6, 6.07) is 8.69. The summed E-state index contributed by atoms with van der Waals surface area (Å²) < 4.78 is 5.11. The maximum absolute atomic E-state index is 9.73. The highest BCUT2D eigenvalue weighted by atomic mass is 35.5. The summed E-state index contributed by atoms with van der Waals surface area (Å²) in [6.07, 6.45) is 1.62. The number of aromatic hydroxyl groups is 1. The van der Waals surface area contributed by atoms with Gasteiger partial charge in [-0.1, -0.05) is 11.6 Å². The fourth-order valence-corrected chi connectivity index (χ4v) is 1.72. The summed E-state index contributed by atoms with van der Waals surface area (Å²) in [5, 5.41) is 13.2. The molecule has 0 saturated heterocycles. The molecule has 18 heavy (non-hydrogen) atoms. The summed E-state index contributed by atoms with van der Waals surface area (Å²) >= 11 is 5.93. The summed E-state index contributed by atoms with van der Waals surface area (Å²) in [5.41, 5.74) is 1.45. The lowest BCUT2D eigenvalue weighted by Crippen LogP contribution is -2.01. The van der Waals surface area contributed by atoms with E-state index in [0.29, 0.717) is 17.4 Å². The summed E-state index contributed by atoms with van der Waals surface area (Å²) in [4.78, 5) is 3.96. The van der Waals surface area contributed by atoms with Gasteiger partial charge in [0, 0.05) is 18.3 Å². The zero-order valence-electron chi connectivity index (χ0n) is 9.85. The smallest absolute Gasteiger partial charge is 0.152 e. The van der Waals surface area contributed by atoms with Crippen LogP contribution in [0.3, 0.4) is 0 Å². The van der Waals surface area contributed by atoms with Crippen molar-refractivity contribution in [3.63, 3.8) is 0 Å². The van der Waals surface area contributed by atoms with Gasteiger partial charge in [-0.25, -0.2) is 4.98 Å². The quantitative estimate of drug-likeness (QED) is 0.834. The molecule has 2 aromatic rings. The Morgan fingerprint density at radius 2 is 2.22 bits per heavy atom. The van der Waals surface area contributed by atoms with Crippen LogP contribution in [0.1, 0.15) is 5.56 Å². The van der Waals surface area contributed by atoms with Gasteiger partial charge in [-0.05, 0) is 30.3 Å². The summed E-state index contributed by atoms with van der Waals surface area (Å²) in [7, 11) is 1.58. The van der Waals surface area contributed by atoms with Crippen molar-refractivity contribution in [2.45, 2.75) is 6.54 Å². The van der Waals surface area contributed by atoms with E-state index in [-0.39, 0.29) is 5.75 Å². The van der Waals surface area contributed by atoms with E-state index in [1.54, 1.807) is 37.6 Å². The number of aromatic nitrogens is 1. The highest BCUT2D eigenvalue weighted by Crippen LogP contribution is 2.25. The van der Waals surface area contributed by atoms with Crippen LogP contribution in [0, 0.1) is 0 Å². The monoisotopic (exact) mass is 264 g/mol. The second-order valence-corrected chi connectivity index (χ2v) is 4.05. The predicted molar refractivity (Wildman–Crippen MR) is 71.2 cm³/mol. The van der Waals surface area contributed by atoms with Gasteiger partial charge in [0.05, 0.1) is 12.8 Å². The van der Waals surface area contributed by atoms with E-state index in [4.69, 9.17) is 16.3 Å². The molecule has 4 nitrogen and oxygen atoms in total. The third-order valence-electron chi connectivity index (χ3n) is 2.52. The van der Waals surface area contributed by atoms with Gasteiger partial charge in [0.1, 0.15) is 11.5 Å². The highest BCUT2D eigenvalue weighted by molar-refractivity contribution is 6.31. The fraction of sp³-hybridized carbons (Fsp3) is 0.154. The van der Waals surface area contributed by atoms with Gasteiger partial charge >= 0.3 is 0 Å². The Bertz CT molecular complexity index is 546. The van der Waals surface area contributed by atoms with Crippen LogP contribution < -0.4 is 10.1 Å². The number of nitrogens with zero attached hydrogens (tertiary/aromatic N) is 1. The molecule has 0 aliphatic carbocycles. The number of nitrogens with one attached hydrogen (secondary N) is 1. The number of halogens is 1. The number of hydrogen-bond donors (Lipinski definition) is 2. The van der Waals surface area contributed by atoms with Crippen LogP contribution in [0.2, 0.25) is 5.15 Å². The lowest BCUT2D eigenvalue weighted by Gasteiger charge is -2.10. The number of rotatable bonds is 4. The number of ether oxygens (including phenoxy) is 1. The molecule has 0 spiro atoms. The van der Waals surface area contributed by atoms with Crippen molar-refractivity contribution in [1.82, 2.24) is 4.98 Å². The van der Waals surface area contributed by atoms with E-state index < -0.39 is 0 Å². The fourth-order valence-electron chi connectivity index (χ4n) is 1.54. The zero-order valence-corrected chi connectivity index (χ0v) is 10.6. The van der Waals surface area contributed by atoms with E-state index in [2.05, 4.69) is 10.3 Å². The molecule has 2 rings (SSSR count). The maximum atomic E-state index is 9.73. The highest BCUT2D eigenvalue weighted by Gasteiger charge is 2.05. The molecular weight excluding hydrogens is 252 g/mol. The first-order valence-corrected chi connectivity index (χ1v) is 5.79. The molecule has 0 bridgehead atoms. The first kappa shape index (κ1) is 12.5. The van der Waals surface area contributed by atoms with Crippen LogP contribution in [0.25, 0.3) is 0 Å². The van der Waals surface area contributed by atoms with Crippen LogP contribution in [-0.4, -0.2) is 17.2 Å². The number of anilines is 1. The Labute approximate surface area is 110 Å². The molecule has 0 aliphatic heterocycles. The lowest BCUT2D eigenvalue weighted by atomic mass is 10.2. The van der Waals surface area contributed by atoms with E-state index in [1.165, 1.54) is 0 Å². The molecule has 0 fully saturated rings. The lowest BCUT2D eigenvalue weighted by molar-refractivity contribution is 0.411. The van der Waals surface area contributed by atoms with E-state index in [1.807, 2.05) is 6.07 Å². The Hall–Kier alpha value is -1.94. The zero-order chi connectivity index (χ0) is 13.0. The summed E-state index contributed by atoms with van der Waals surface area (Å²) in [5.74, 6) is 0.908. The van der Waals surface area contributed by atoms with Crippen LogP contribution in [0.15, 0.2) is 36.5 Å². The molecule has 5 heteroatoms. The van der Waals surface area contributed by atoms with Gasteiger partial charge in [-0.3, -0.25) is 0 Å². The average Bonchev–Trinajstić information content (AvgIpc) is 2.39. The third kappa shape index (κ3) is 2.84. The van der Waals surface area contributed by atoms with Gasteiger partial charge < -0.3 is 15.2 Å². The molecule has 0 aliphatic rings. The van der Waals surface area contributed by atoms with Crippen molar-refractivity contribution in [2.24, 2.45) is 0 Å². The van der Waals surface area contributed by atoms with E-state index in [9.17, 15) is 5.11 Å². The predicted octanol–water partition coefficient (Wildman–Crippen LogP) is 3.06. The average molecular weight is 265 g/mol. The minimum atomic E-state index is 0.211. The number of methoxy groups -OCH3 is 1. The Morgan fingerprint density at radius 1 is 1.39 bits per heavy atom. The second-order valence-electron chi connectivity index (χ2n) is 3.69. The first-order valence-electron chi connectivity index (χ1n) is 5.41. The van der Waals surface area contributed by atoms with Gasteiger partial charge in [-0.15, -0.1) is 0 Å². The molecule has 1 aromatic heterocycles. The minimum absolute atomic E-state index is 0.211. The molecule has 0 radical (unpaired) electrons. The van der Waals surface area contributed by atoms with Crippen molar-refractivity contribution in [3.8, 4) is 11.5 Å². The standard InChI is InChI=1S/C13H13ClN2O2/c1-18-10-4-5-12(17)9(7-10)8-16-11-3-2-6-15-13(11)14/h2-7,16-17H,8H2,1H3. The third-order valence-corrected chi connectivity index (χ3v) is 2.82. The van der Waals surface area contributed by atoms with Crippen molar-refractivity contribution in [3.05, 3.63) is 47.2 Å². The van der Waals surface area contributed by atoms with Crippen LogP contribution >= 0.6 is 11.6 Å². The van der Waals surface area contributed by atoms with Crippen LogP contribution in [-0.2, 0) is 6.54 Å². The molecule has 1 aromatic carbocycles.